The summed E-state index contributed by atoms with van der Waals surface area (Å²) in [6.07, 6.45) is 0.0787. The molecule has 8 heteroatoms. The summed E-state index contributed by atoms with van der Waals surface area (Å²) < 4.78 is 20.0. The van der Waals surface area contributed by atoms with Gasteiger partial charge in [-0.3, -0.25) is 0 Å². The Kier molecular flexibility index (Phi) is 6.07. The lowest BCUT2D eigenvalue weighted by Crippen LogP contribution is -2.51. The fourth-order valence-corrected chi connectivity index (χ4v) is 3.26. The average Bonchev–Trinajstić information content (AvgIpc) is 2.68. The molecule has 0 aliphatic carbocycles. The Balaban J connectivity index is 1.96. The summed E-state index contributed by atoms with van der Waals surface area (Å²) in [5, 5.41) is 11.9. The Morgan fingerprint density at radius 3 is 2.79 bits per heavy atom. The molecular weight excluding hydrogens is 359 g/mol. The summed E-state index contributed by atoms with van der Waals surface area (Å²) in [6.45, 7) is 4.23. The van der Waals surface area contributed by atoms with Gasteiger partial charge in [-0.05, 0) is 33.2 Å². The van der Waals surface area contributed by atoms with E-state index < -0.39 is 5.82 Å². The maximum atomic E-state index is 14.1. The van der Waals surface area contributed by atoms with Crippen LogP contribution in [0.15, 0.2) is 24.3 Å². The molecule has 0 spiro atoms. The molecule has 1 aromatic heterocycles. The summed E-state index contributed by atoms with van der Waals surface area (Å²) in [4.78, 5) is 13.4. The minimum Gasteiger partial charge on any atom is -0.373 e. The van der Waals surface area contributed by atoms with E-state index in [0.717, 1.165) is 12.4 Å². The second-order valence-electron chi connectivity index (χ2n) is 7.21. The van der Waals surface area contributed by atoms with Gasteiger partial charge in [0.1, 0.15) is 17.7 Å². The Morgan fingerprint density at radius 2 is 2.14 bits per heavy atom. The SMILES string of the molecule is CNc1nc(-c2ccc(C#N)c(F)c2)cc(N2C[C@H](CN(C)C)OC[C@H]2C)n1. The van der Waals surface area contributed by atoms with Crippen molar-refractivity contribution >= 4 is 11.8 Å². The largest absolute Gasteiger partial charge is 0.373 e. The predicted molar refractivity (Wildman–Crippen MR) is 107 cm³/mol. The Hall–Kier alpha value is -2.76. The van der Waals surface area contributed by atoms with E-state index in [1.807, 2.05) is 26.2 Å². The lowest BCUT2D eigenvalue weighted by molar-refractivity contribution is 0.00851. The number of likely N-dealkylation sites (N-methyl/N-ethyl adjacent to an activating group) is 1. The van der Waals surface area contributed by atoms with Gasteiger partial charge in [-0.2, -0.15) is 10.2 Å². The minimum atomic E-state index is -0.558. The molecule has 1 aliphatic heterocycles. The highest BCUT2D eigenvalue weighted by Crippen LogP contribution is 2.27. The number of nitrogens with zero attached hydrogens (tertiary/aromatic N) is 5. The first-order chi connectivity index (χ1) is 13.4. The zero-order valence-electron chi connectivity index (χ0n) is 16.6. The van der Waals surface area contributed by atoms with Gasteiger partial charge in [-0.1, -0.05) is 6.07 Å². The molecule has 2 heterocycles. The molecule has 1 aromatic carbocycles. The fraction of sp³-hybridized carbons (Fsp3) is 0.450. The lowest BCUT2D eigenvalue weighted by Gasteiger charge is -2.39. The van der Waals surface area contributed by atoms with Crippen LogP contribution in [0.5, 0.6) is 0 Å². The molecule has 0 amide bonds. The van der Waals surface area contributed by atoms with Crippen LogP contribution < -0.4 is 10.2 Å². The topological polar surface area (TPSA) is 77.3 Å². The van der Waals surface area contributed by atoms with E-state index in [-0.39, 0.29) is 17.7 Å². The normalized spacial score (nSPS) is 19.5. The van der Waals surface area contributed by atoms with Crippen LogP contribution in [0.2, 0.25) is 0 Å². The standard InChI is InChI=1S/C20H25FN6O/c1-13-12-28-16(10-26(3)4)11-27(13)19-8-18(24-20(23-2)25-19)14-5-6-15(9-22)17(21)7-14/h5-8,13,16H,10-12H2,1-4H3,(H,23,24,25)/t13-,16+/m1/s1. The van der Waals surface area contributed by atoms with Crippen LogP contribution in [0.1, 0.15) is 12.5 Å². The fourth-order valence-electron chi connectivity index (χ4n) is 3.26. The van der Waals surface area contributed by atoms with Gasteiger partial charge in [0.2, 0.25) is 5.95 Å². The zero-order valence-corrected chi connectivity index (χ0v) is 16.6. The predicted octanol–water partition coefficient (Wildman–Crippen LogP) is 2.35. The lowest BCUT2D eigenvalue weighted by atomic mass is 10.1. The molecular formula is C20H25FN6O. The number of nitrogens with one attached hydrogen (secondary N) is 1. The smallest absolute Gasteiger partial charge is 0.224 e. The third kappa shape index (κ3) is 4.38. The molecule has 28 heavy (non-hydrogen) atoms. The van der Waals surface area contributed by atoms with Crippen molar-refractivity contribution in [2.45, 2.75) is 19.1 Å². The second-order valence-corrected chi connectivity index (χ2v) is 7.21. The summed E-state index contributed by atoms with van der Waals surface area (Å²) in [6, 6.07) is 8.36. The van der Waals surface area contributed by atoms with Crippen LogP contribution in [0, 0.1) is 17.1 Å². The number of hydrogen-bond donors (Lipinski definition) is 1. The van der Waals surface area contributed by atoms with Crippen molar-refractivity contribution in [3.63, 3.8) is 0 Å². The van der Waals surface area contributed by atoms with E-state index in [1.165, 1.54) is 12.1 Å². The van der Waals surface area contributed by atoms with Crippen molar-refractivity contribution in [3.8, 4) is 17.3 Å². The first-order valence-corrected chi connectivity index (χ1v) is 9.21. The number of aromatic nitrogens is 2. The molecule has 2 aromatic rings. The van der Waals surface area contributed by atoms with Crippen LogP contribution >= 0.6 is 0 Å². The number of halogens is 1. The number of anilines is 2. The van der Waals surface area contributed by atoms with Crippen LogP contribution in [0.3, 0.4) is 0 Å². The number of hydrogen-bond acceptors (Lipinski definition) is 7. The van der Waals surface area contributed by atoms with Gasteiger partial charge in [-0.25, -0.2) is 9.37 Å². The number of rotatable bonds is 5. The van der Waals surface area contributed by atoms with Gasteiger partial charge in [0.25, 0.3) is 0 Å². The van der Waals surface area contributed by atoms with Gasteiger partial charge < -0.3 is 19.9 Å². The Morgan fingerprint density at radius 1 is 1.36 bits per heavy atom. The van der Waals surface area contributed by atoms with Crippen molar-refractivity contribution in [3.05, 3.63) is 35.6 Å². The molecule has 0 bridgehead atoms. The molecule has 1 N–H and O–H groups in total. The number of nitriles is 1. The van der Waals surface area contributed by atoms with Gasteiger partial charge in [-0.15, -0.1) is 0 Å². The maximum absolute atomic E-state index is 14.1. The molecule has 1 saturated heterocycles. The van der Waals surface area contributed by atoms with E-state index in [2.05, 4.69) is 32.0 Å². The molecule has 0 unspecified atom stereocenters. The molecule has 1 fully saturated rings. The van der Waals surface area contributed by atoms with E-state index in [1.54, 1.807) is 13.1 Å². The molecule has 0 radical (unpaired) electrons. The second kappa shape index (κ2) is 8.50. The van der Waals surface area contributed by atoms with E-state index in [9.17, 15) is 4.39 Å². The molecule has 2 atom stereocenters. The van der Waals surface area contributed by atoms with Crippen molar-refractivity contribution in [2.75, 3.05) is 51.1 Å². The maximum Gasteiger partial charge on any atom is 0.224 e. The highest BCUT2D eigenvalue weighted by molar-refractivity contribution is 5.66. The van der Waals surface area contributed by atoms with Crippen molar-refractivity contribution in [1.29, 1.82) is 5.26 Å². The monoisotopic (exact) mass is 384 g/mol. The highest BCUT2D eigenvalue weighted by Gasteiger charge is 2.28. The minimum absolute atomic E-state index is 0.0141. The molecule has 0 saturated carbocycles. The third-order valence-electron chi connectivity index (χ3n) is 4.69. The van der Waals surface area contributed by atoms with E-state index in [4.69, 9.17) is 10.00 Å². The van der Waals surface area contributed by atoms with Gasteiger partial charge in [0, 0.05) is 31.8 Å². The third-order valence-corrected chi connectivity index (χ3v) is 4.69. The van der Waals surface area contributed by atoms with Gasteiger partial charge in [0.05, 0.1) is 30.0 Å². The number of benzene rings is 1. The summed E-state index contributed by atoms with van der Waals surface area (Å²) in [7, 11) is 5.79. The van der Waals surface area contributed by atoms with Crippen LogP contribution in [0.4, 0.5) is 16.2 Å². The van der Waals surface area contributed by atoms with Crippen molar-refractivity contribution < 1.29 is 9.13 Å². The first-order valence-electron chi connectivity index (χ1n) is 9.21. The summed E-state index contributed by atoms with van der Waals surface area (Å²) in [5.41, 5.74) is 1.21. The Labute approximate surface area is 164 Å². The van der Waals surface area contributed by atoms with Gasteiger partial charge in [0.15, 0.2) is 0 Å². The molecule has 1 aliphatic rings. The number of morpholine rings is 1. The quantitative estimate of drug-likeness (QED) is 0.848. The van der Waals surface area contributed by atoms with Crippen LogP contribution in [0.25, 0.3) is 11.3 Å². The molecule has 148 valence electrons. The van der Waals surface area contributed by atoms with Crippen LogP contribution in [-0.4, -0.2) is 67.9 Å². The van der Waals surface area contributed by atoms with E-state index >= 15 is 0 Å². The summed E-state index contributed by atoms with van der Waals surface area (Å²) in [5.74, 6) is 0.663. The number of ether oxygens (including phenoxy) is 1. The van der Waals surface area contributed by atoms with Gasteiger partial charge >= 0.3 is 0 Å². The summed E-state index contributed by atoms with van der Waals surface area (Å²) >= 11 is 0. The van der Waals surface area contributed by atoms with E-state index in [0.29, 0.717) is 30.4 Å². The van der Waals surface area contributed by atoms with Crippen LogP contribution in [-0.2, 0) is 4.74 Å². The average molecular weight is 384 g/mol. The zero-order chi connectivity index (χ0) is 20.3. The Bertz CT molecular complexity index is 881. The molecule has 7 nitrogen and oxygen atoms in total. The highest BCUT2D eigenvalue weighted by atomic mass is 19.1. The van der Waals surface area contributed by atoms with Crippen molar-refractivity contribution in [1.82, 2.24) is 14.9 Å². The molecule has 3 rings (SSSR count). The van der Waals surface area contributed by atoms with Crippen molar-refractivity contribution in [2.24, 2.45) is 0 Å². The first kappa shape index (κ1) is 20.0.